The molecule has 26 heavy (non-hydrogen) atoms. The molecule has 0 aliphatic carbocycles. The molecule has 136 valence electrons. The van der Waals surface area contributed by atoms with E-state index in [2.05, 4.69) is 5.16 Å². The molecule has 0 amide bonds. The van der Waals surface area contributed by atoms with Gasteiger partial charge in [0.2, 0.25) is 0 Å². The highest BCUT2D eigenvalue weighted by Crippen LogP contribution is 2.23. The van der Waals surface area contributed by atoms with Gasteiger partial charge in [-0.3, -0.25) is 0 Å². The molecule has 3 rings (SSSR count). The van der Waals surface area contributed by atoms with Gasteiger partial charge in [-0.25, -0.2) is 4.79 Å². The molecule has 0 aliphatic heterocycles. The zero-order chi connectivity index (χ0) is 18.5. The van der Waals surface area contributed by atoms with Crippen molar-refractivity contribution in [2.45, 2.75) is 32.3 Å². The molecule has 2 aromatic carbocycles. The second-order valence-electron chi connectivity index (χ2n) is 6.07. The number of ether oxygens (including phenoxy) is 1. The third kappa shape index (κ3) is 4.42. The van der Waals surface area contributed by atoms with Crippen LogP contribution in [0.15, 0.2) is 47.0 Å². The Morgan fingerprint density at radius 3 is 2.62 bits per heavy atom. The molecular formula is C20H20ClNO4. The molecule has 0 radical (unpaired) electrons. The van der Waals surface area contributed by atoms with Gasteiger partial charge < -0.3 is 14.4 Å². The number of carboxylic acids is 1. The quantitative estimate of drug-likeness (QED) is 0.637. The van der Waals surface area contributed by atoms with E-state index in [1.165, 1.54) is 5.56 Å². The van der Waals surface area contributed by atoms with E-state index in [0.29, 0.717) is 18.6 Å². The number of rotatable bonds is 8. The zero-order valence-corrected chi connectivity index (χ0v) is 15.2. The number of nitrogens with zero attached hydrogens (tertiary/aromatic N) is 1. The molecule has 3 aromatic rings. The maximum Gasteiger partial charge on any atom is 0.333 e. The maximum absolute atomic E-state index is 11.2. The number of aliphatic carboxylic acids is 1. The minimum absolute atomic E-state index is 0.292. The number of hydrogen-bond donors (Lipinski definition) is 1. The van der Waals surface area contributed by atoms with Gasteiger partial charge in [-0.15, -0.1) is 0 Å². The first kappa shape index (κ1) is 18.4. The Hall–Kier alpha value is -2.37. The minimum Gasteiger partial charge on any atom is -0.479 e. The van der Waals surface area contributed by atoms with Gasteiger partial charge in [0.25, 0.3) is 0 Å². The molecule has 5 nitrogen and oxygen atoms in total. The van der Waals surface area contributed by atoms with E-state index in [0.717, 1.165) is 34.5 Å². The molecule has 6 heteroatoms. The number of carbonyl (C=O) groups is 1. The van der Waals surface area contributed by atoms with E-state index in [9.17, 15) is 9.90 Å². The Bertz CT molecular complexity index is 888. The summed E-state index contributed by atoms with van der Waals surface area (Å²) in [5, 5.41) is 15.1. The van der Waals surface area contributed by atoms with Crippen molar-refractivity contribution in [1.82, 2.24) is 5.16 Å². The predicted molar refractivity (Wildman–Crippen MR) is 99.6 cm³/mol. The average molecular weight is 374 g/mol. The summed E-state index contributed by atoms with van der Waals surface area (Å²) in [7, 11) is 0. The lowest BCUT2D eigenvalue weighted by Crippen LogP contribution is -2.26. The van der Waals surface area contributed by atoms with E-state index in [-0.39, 0.29) is 0 Å². The van der Waals surface area contributed by atoms with Gasteiger partial charge in [-0.1, -0.05) is 35.0 Å². The number of halogens is 1. The van der Waals surface area contributed by atoms with Crippen molar-refractivity contribution in [3.8, 4) is 0 Å². The van der Waals surface area contributed by atoms with E-state index in [4.69, 9.17) is 20.9 Å². The average Bonchev–Trinajstić information content (AvgIpc) is 3.03. The van der Waals surface area contributed by atoms with Crippen LogP contribution >= 0.6 is 11.6 Å². The van der Waals surface area contributed by atoms with Crippen LogP contribution in [0.3, 0.4) is 0 Å². The Morgan fingerprint density at radius 2 is 1.92 bits per heavy atom. The van der Waals surface area contributed by atoms with Gasteiger partial charge >= 0.3 is 5.97 Å². The maximum atomic E-state index is 11.2. The van der Waals surface area contributed by atoms with Crippen LogP contribution in [-0.2, 0) is 28.8 Å². The lowest BCUT2D eigenvalue weighted by molar-refractivity contribution is -0.149. The molecule has 0 fully saturated rings. The zero-order valence-electron chi connectivity index (χ0n) is 14.4. The first-order valence-electron chi connectivity index (χ1n) is 8.53. The Balaban J connectivity index is 1.72. The third-order valence-corrected chi connectivity index (χ3v) is 4.49. The van der Waals surface area contributed by atoms with Gasteiger partial charge in [-0.05, 0) is 55.2 Å². The fraction of sp³-hybridized carbons (Fsp3) is 0.300. The third-order valence-electron chi connectivity index (χ3n) is 4.24. The largest absolute Gasteiger partial charge is 0.479 e. The van der Waals surface area contributed by atoms with Crippen molar-refractivity contribution >= 4 is 28.5 Å². The van der Waals surface area contributed by atoms with Gasteiger partial charge in [0.1, 0.15) is 0 Å². The van der Waals surface area contributed by atoms with Gasteiger partial charge in [-0.2, -0.15) is 0 Å². The summed E-state index contributed by atoms with van der Waals surface area (Å²) in [6.07, 6.45) is 1.03. The van der Waals surface area contributed by atoms with Crippen LogP contribution in [-0.4, -0.2) is 28.9 Å². The molecule has 0 saturated carbocycles. The van der Waals surface area contributed by atoms with Crippen molar-refractivity contribution in [3.05, 3.63) is 64.3 Å². The van der Waals surface area contributed by atoms with E-state index in [1.807, 2.05) is 42.5 Å². The van der Waals surface area contributed by atoms with Crippen molar-refractivity contribution in [3.63, 3.8) is 0 Å². The number of benzene rings is 2. The molecular weight excluding hydrogens is 354 g/mol. The highest BCUT2D eigenvalue weighted by molar-refractivity contribution is 6.30. The molecule has 1 unspecified atom stereocenters. The van der Waals surface area contributed by atoms with Crippen molar-refractivity contribution in [2.24, 2.45) is 0 Å². The number of aryl methyl sites for hydroxylation is 2. The lowest BCUT2D eigenvalue weighted by atomic mass is 10.0. The SMILES string of the molecule is CCOC(Cc1ccc2c(CCc3ccc(Cl)cc3)noc2c1)C(=O)O. The highest BCUT2D eigenvalue weighted by atomic mass is 35.5. The molecule has 0 bridgehead atoms. The standard InChI is InChI=1S/C20H20ClNO4/c1-2-25-19(20(23)24)12-14-5-9-16-17(22-26-18(16)11-14)10-6-13-3-7-15(21)8-4-13/h3-5,7-9,11,19H,2,6,10,12H2,1H3,(H,23,24). The summed E-state index contributed by atoms with van der Waals surface area (Å²) < 4.78 is 10.7. The summed E-state index contributed by atoms with van der Waals surface area (Å²) in [4.78, 5) is 11.2. The smallest absolute Gasteiger partial charge is 0.333 e. The number of carboxylic acid groups (broad SMARTS) is 1. The van der Waals surface area contributed by atoms with Crippen LogP contribution in [0.5, 0.6) is 0 Å². The second kappa shape index (κ2) is 8.34. The fourth-order valence-electron chi connectivity index (χ4n) is 2.89. The summed E-state index contributed by atoms with van der Waals surface area (Å²) >= 11 is 5.91. The molecule has 1 aromatic heterocycles. The van der Waals surface area contributed by atoms with Gasteiger partial charge in [0.05, 0.1) is 5.69 Å². The topological polar surface area (TPSA) is 72.6 Å². The Kier molecular flexibility index (Phi) is 5.91. The summed E-state index contributed by atoms with van der Waals surface area (Å²) in [5.74, 6) is -0.965. The molecule has 0 spiro atoms. The van der Waals surface area contributed by atoms with E-state index >= 15 is 0 Å². The first-order chi connectivity index (χ1) is 12.6. The molecule has 0 aliphatic rings. The molecule has 1 N–H and O–H groups in total. The Morgan fingerprint density at radius 1 is 1.19 bits per heavy atom. The van der Waals surface area contributed by atoms with Crippen LogP contribution in [0.4, 0.5) is 0 Å². The summed E-state index contributed by atoms with van der Waals surface area (Å²) in [6, 6.07) is 13.4. The van der Waals surface area contributed by atoms with Crippen LogP contribution in [0.25, 0.3) is 11.0 Å². The predicted octanol–water partition coefficient (Wildman–Crippen LogP) is 4.30. The normalized spacial score (nSPS) is 12.4. The van der Waals surface area contributed by atoms with Crippen LogP contribution in [0.1, 0.15) is 23.7 Å². The highest BCUT2D eigenvalue weighted by Gasteiger charge is 2.19. The van der Waals surface area contributed by atoms with Gasteiger partial charge in [0.15, 0.2) is 11.7 Å². The summed E-state index contributed by atoms with van der Waals surface area (Å²) in [5.41, 5.74) is 3.58. The first-order valence-corrected chi connectivity index (χ1v) is 8.90. The van der Waals surface area contributed by atoms with Crippen molar-refractivity contribution < 1.29 is 19.2 Å². The minimum atomic E-state index is -0.965. The van der Waals surface area contributed by atoms with E-state index < -0.39 is 12.1 Å². The number of fused-ring (bicyclic) bond motifs is 1. The van der Waals surface area contributed by atoms with Crippen molar-refractivity contribution in [1.29, 1.82) is 0 Å². The Labute approximate surface area is 156 Å². The number of aromatic nitrogens is 1. The molecule has 1 heterocycles. The molecule has 1 atom stereocenters. The molecule has 0 saturated heterocycles. The van der Waals surface area contributed by atoms with Crippen LogP contribution in [0, 0.1) is 0 Å². The summed E-state index contributed by atoms with van der Waals surface area (Å²) in [6.45, 7) is 2.14. The fourth-order valence-corrected chi connectivity index (χ4v) is 3.01. The monoisotopic (exact) mass is 373 g/mol. The van der Waals surface area contributed by atoms with Crippen LogP contribution < -0.4 is 0 Å². The number of hydrogen-bond acceptors (Lipinski definition) is 4. The van der Waals surface area contributed by atoms with Crippen molar-refractivity contribution in [2.75, 3.05) is 6.61 Å². The lowest BCUT2D eigenvalue weighted by Gasteiger charge is -2.12. The van der Waals surface area contributed by atoms with E-state index in [1.54, 1.807) is 6.92 Å². The van der Waals surface area contributed by atoms with Crippen LogP contribution in [0.2, 0.25) is 5.02 Å². The second-order valence-corrected chi connectivity index (χ2v) is 6.51. The van der Waals surface area contributed by atoms with Gasteiger partial charge in [0, 0.05) is 23.4 Å².